The smallest absolute Gasteiger partial charge is 0.172 e. The zero-order valence-electron chi connectivity index (χ0n) is 10.3. The molecule has 0 bridgehead atoms. The second kappa shape index (κ2) is 5.00. The maximum absolute atomic E-state index is 13.0. The van der Waals surface area contributed by atoms with Gasteiger partial charge in [0, 0.05) is 18.0 Å². The van der Waals surface area contributed by atoms with Crippen LogP contribution >= 0.6 is 0 Å². The molecule has 0 amide bonds. The lowest BCUT2D eigenvalue weighted by Gasteiger charge is -2.06. The highest BCUT2D eigenvalue weighted by atomic mass is 19.1. The molecule has 6 heteroatoms. The largest absolute Gasteiger partial charge is 0.296 e. The number of aldehydes is 1. The number of halogens is 1. The predicted octanol–water partition coefficient (Wildman–Crippen LogP) is 2.28. The summed E-state index contributed by atoms with van der Waals surface area (Å²) in [4.78, 5) is 15.1. The van der Waals surface area contributed by atoms with Crippen molar-refractivity contribution in [2.24, 2.45) is 0 Å². The summed E-state index contributed by atoms with van der Waals surface area (Å²) in [6.07, 6.45) is 3.89. The van der Waals surface area contributed by atoms with Crippen molar-refractivity contribution in [3.8, 4) is 16.9 Å². The van der Waals surface area contributed by atoms with Gasteiger partial charge in [-0.05, 0) is 36.4 Å². The lowest BCUT2D eigenvalue weighted by molar-refractivity contribution is 0.111. The van der Waals surface area contributed by atoms with E-state index in [1.54, 1.807) is 36.7 Å². The van der Waals surface area contributed by atoms with Gasteiger partial charge in [0.25, 0.3) is 0 Å². The number of carbonyl (C=O) groups excluding carboxylic acids is 1. The normalized spacial score (nSPS) is 10.4. The molecule has 0 aliphatic rings. The quantitative estimate of drug-likeness (QED) is 0.684. The molecule has 0 radical (unpaired) electrons. The van der Waals surface area contributed by atoms with Gasteiger partial charge in [-0.15, -0.1) is 5.10 Å². The van der Waals surface area contributed by atoms with E-state index >= 15 is 0 Å². The standard InChI is InChI=1S/C14H9FN4O/c15-11-3-5-12(6-4-11)19-14(13(9-20)17-18-19)10-2-1-7-16-8-10/h1-9H. The van der Waals surface area contributed by atoms with Crippen molar-refractivity contribution in [3.05, 3.63) is 60.3 Å². The highest BCUT2D eigenvalue weighted by Gasteiger charge is 2.15. The van der Waals surface area contributed by atoms with Crippen LogP contribution in [-0.2, 0) is 0 Å². The Morgan fingerprint density at radius 2 is 1.95 bits per heavy atom. The molecule has 98 valence electrons. The van der Waals surface area contributed by atoms with E-state index < -0.39 is 0 Å². The first-order valence-corrected chi connectivity index (χ1v) is 5.87. The monoisotopic (exact) mass is 268 g/mol. The lowest BCUT2D eigenvalue weighted by atomic mass is 10.1. The van der Waals surface area contributed by atoms with Crippen LogP contribution in [0.25, 0.3) is 16.9 Å². The summed E-state index contributed by atoms with van der Waals surface area (Å²) in [7, 11) is 0. The molecule has 2 heterocycles. The second-order valence-electron chi connectivity index (χ2n) is 4.07. The van der Waals surface area contributed by atoms with Crippen molar-refractivity contribution in [3.63, 3.8) is 0 Å². The number of carbonyl (C=O) groups is 1. The number of pyridine rings is 1. The Morgan fingerprint density at radius 1 is 1.15 bits per heavy atom. The predicted molar refractivity (Wildman–Crippen MR) is 69.9 cm³/mol. The van der Waals surface area contributed by atoms with Crippen LogP contribution in [0.3, 0.4) is 0 Å². The molecule has 0 unspecified atom stereocenters. The Bertz CT molecular complexity index is 738. The van der Waals surface area contributed by atoms with E-state index in [2.05, 4.69) is 15.3 Å². The molecule has 0 atom stereocenters. The summed E-state index contributed by atoms with van der Waals surface area (Å²) in [6.45, 7) is 0. The molecule has 0 fully saturated rings. The number of hydrogen-bond donors (Lipinski definition) is 0. The molecule has 3 rings (SSSR count). The third-order valence-corrected chi connectivity index (χ3v) is 2.81. The van der Waals surface area contributed by atoms with Gasteiger partial charge in [0.1, 0.15) is 11.5 Å². The van der Waals surface area contributed by atoms with Crippen LogP contribution in [0, 0.1) is 5.82 Å². The van der Waals surface area contributed by atoms with Crippen LogP contribution in [0.4, 0.5) is 4.39 Å². The van der Waals surface area contributed by atoms with Gasteiger partial charge < -0.3 is 0 Å². The van der Waals surface area contributed by atoms with Gasteiger partial charge >= 0.3 is 0 Å². The van der Waals surface area contributed by atoms with Crippen molar-refractivity contribution < 1.29 is 9.18 Å². The fourth-order valence-corrected chi connectivity index (χ4v) is 1.91. The number of benzene rings is 1. The molecule has 5 nitrogen and oxygen atoms in total. The number of nitrogens with zero attached hydrogens (tertiary/aromatic N) is 4. The van der Waals surface area contributed by atoms with Crippen LogP contribution in [0.5, 0.6) is 0 Å². The Kier molecular flexibility index (Phi) is 3.04. The zero-order chi connectivity index (χ0) is 13.9. The van der Waals surface area contributed by atoms with Gasteiger partial charge in [-0.2, -0.15) is 0 Å². The first kappa shape index (κ1) is 12.2. The minimum absolute atomic E-state index is 0.210. The van der Waals surface area contributed by atoms with Crippen LogP contribution in [-0.4, -0.2) is 26.3 Å². The maximum atomic E-state index is 13.0. The van der Waals surface area contributed by atoms with Crippen molar-refractivity contribution in [1.29, 1.82) is 0 Å². The van der Waals surface area contributed by atoms with Crippen LogP contribution in [0.2, 0.25) is 0 Å². The molecule has 1 aromatic carbocycles. The fourth-order valence-electron chi connectivity index (χ4n) is 1.91. The molecule has 20 heavy (non-hydrogen) atoms. The molecule has 0 spiro atoms. The van der Waals surface area contributed by atoms with E-state index in [0.29, 0.717) is 23.2 Å². The second-order valence-corrected chi connectivity index (χ2v) is 4.07. The van der Waals surface area contributed by atoms with E-state index in [9.17, 15) is 9.18 Å². The summed E-state index contributed by atoms with van der Waals surface area (Å²) in [5.41, 5.74) is 2.07. The SMILES string of the molecule is O=Cc1nnn(-c2ccc(F)cc2)c1-c1cccnc1. The Labute approximate surface area is 113 Å². The van der Waals surface area contributed by atoms with E-state index in [0.717, 1.165) is 0 Å². The van der Waals surface area contributed by atoms with E-state index in [4.69, 9.17) is 0 Å². The highest BCUT2D eigenvalue weighted by molar-refractivity contribution is 5.83. The minimum atomic E-state index is -0.340. The molecule has 3 aromatic rings. The van der Waals surface area contributed by atoms with Gasteiger partial charge in [-0.1, -0.05) is 5.21 Å². The Hall–Kier alpha value is -2.89. The summed E-state index contributed by atoms with van der Waals surface area (Å²) in [5, 5.41) is 7.78. The average molecular weight is 268 g/mol. The summed E-state index contributed by atoms with van der Waals surface area (Å²) in [6, 6.07) is 9.34. The van der Waals surface area contributed by atoms with E-state index in [1.807, 2.05) is 0 Å². The molecule has 0 aliphatic heterocycles. The first-order valence-electron chi connectivity index (χ1n) is 5.87. The number of rotatable bonds is 3. The van der Waals surface area contributed by atoms with Gasteiger partial charge in [0.05, 0.1) is 5.69 Å². The Balaban J connectivity index is 2.20. The molecular weight excluding hydrogens is 259 g/mol. The fraction of sp³-hybridized carbons (Fsp3) is 0. The molecule has 0 saturated carbocycles. The van der Waals surface area contributed by atoms with Gasteiger partial charge in [-0.3, -0.25) is 9.78 Å². The topological polar surface area (TPSA) is 60.7 Å². The first-order chi connectivity index (χ1) is 9.79. The highest BCUT2D eigenvalue weighted by Crippen LogP contribution is 2.23. The van der Waals surface area contributed by atoms with Crippen molar-refractivity contribution in [2.45, 2.75) is 0 Å². The third-order valence-electron chi connectivity index (χ3n) is 2.81. The van der Waals surface area contributed by atoms with Gasteiger partial charge in [-0.25, -0.2) is 9.07 Å². The van der Waals surface area contributed by atoms with Crippen LogP contribution < -0.4 is 0 Å². The molecular formula is C14H9FN4O. The van der Waals surface area contributed by atoms with Crippen LogP contribution in [0.15, 0.2) is 48.8 Å². The molecule has 0 aliphatic carbocycles. The van der Waals surface area contributed by atoms with Crippen molar-refractivity contribution in [1.82, 2.24) is 20.0 Å². The third kappa shape index (κ3) is 2.07. The molecule has 2 aromatic heterocycles. The molecule has 0 N–H and O–H groups in total. The summed E-state index contributed by atoms with van der Waals surface area (Å²) >= 11 is 0. The zero-order valence-corrected chi connectivity index (χ0v) is 10.3. The summed E-state index contributed by atoms with van der Waals surface area (Å²) in [5.74, 6) is -0.340. The van der Waals surface area contributed by atoms with E-state index in [-0.39, 0.29) is 11.5 Å². The lowest BCUT2D eigenvalue weighted by Crippen LogP contribution is -2.00. The Morgan fingerprint density at radius 3 is 2.60 bits per heavy atom. The van der Waals surface area contributed by atoms with Crippen LogP contribution in [0.1, 0.15) is 10.5 Å². The number of aromatic nitrogens is 4. The van der Waals surface area contributed by atoms with E-state index in [1.165, 1.54) is 16.8 Å². The number of hydrogen-bond acceptors (Lipinski definition) is 4. The molecule has 0 saturated heterocycles. The minimum Gasteiger partial charge on any atom is -0.296 e. The van der Waals surface area contributed by atoms with Gasteiger partial charge in [0.2, 0.25) is 0 Å². The van der Waals surface area contributed by atoms with Crippen molar-refractivity contribution >= 4 is 6.29 Å². The average Bonchev–Trinajstić information content (AvgIpc) is 2.93. The maximum Gasteiger partial charge on any atom is 0.172 e. The van der Waals surface area contributed by atoms with Crippen molar-refractivity contribution in [2.75, 3.05) is 0 Å². The van der Waals surface area contributed by atoms with Gasteiger partial charge in [0.15, 0.2) is 12.0 Å². The summed E-state index contributed by atoms with van der Waals surface area (Å²) < 4.78 is 14.5.